The van der Waals surface area contributed by atoms with E-state index in [4.69, 9.17) is 0 Å². The monoisotopic (exact) mass is 332 g/mol. The summed E-state index contributed by atoms with van der Waals surface area (Å²) in [6, 6.07) is 11.7. The van der Waals surface area contributed by atoms with E-state index >= 15 is 0 Å². The number of fused-ring (bicyclic) bond motifs is 1. The van der Waals surface area contributed by atoms with Crippen LogP contribution in [0.3, 0.4) is 0 Å². The molecule has 0 heterocycles. The van der Waals surface area contributed by atoms with E-state index in [9.17, 15) is 0 Å². The van der Waals surface area contributed by atoms with Gasteiger partial charge in [-0.2, -0.15) is 0 Å². The van der Waals surface area contributed by atoms with Crippen LogP contribution in [-0.4, -0.2) is 0 Å². The van der Waals surface area contributed by atoms with Crippen LogP contribution in [0.2, 0.25) is 0 Å². The molecule has 0 fully saturated rings. The predicted octanol–water partition coefficient (Wildman–Crippen LogP) is 7.22. The van der Waals surface area contributed by atoms with Crippen LogP contribution < -0.4 is 0 Å². The van der Waals surface area contributed by atoms with Crippen molar-refractivity contribution in [2.24, 2.45) is 0 Å². The Bertz CT molecular complexity index is 832. The second-order valence-corrected chi connectivity index (χ2v) is 9.74. The third-order valence-corrected chi connectivity index (χ3v) is 5.42. The first-order valence-corrected chi connectivity index (χ1v) is 9.43. The fourth-order valence-electron chi connectivity index (χ4n) is 4.05. The quantitative estimate of drug-likeness (QED) is 0.517. The summed E-state index contributed by atoms with van der Waals surface area (Å²) in [5.74, 6) is 0. The van der Waals surface area contributed by atoms with Gasteiger partial charge in [0.05, 0.1) is 0 Å². The molecule has 0 N–H and O–H groups in total. The highest BCUT2D eigenvalue weighted by Gasteiger charge is 2.25. The smallest absolute Gasteiger partial charge is 0.00603 e. The van der Waals surface area contributed by atoms with Crippen LogP contribution in [0.5, 0.6) is 0 Å². The normalized spacial score (nSPS) is 14.5. The molecular weight excluding hydrogens is 300 g/mol. The zero-order valence-electron chi connectivity index (χ0n) is 17.2. The maximum atomic E-state index is 2.45. The van der Waals surface area contributed by atoms with Crippen molar-refractivity contribution in [1.82, 2.24) is 0 Å². The summed E-state index contributed by atoms with van der Waals surface area (Å²) in [5.41, 5.74) is 11.8. The first-order chi connectivity index (χ1) is 11.5. The molecule has 1 aliphatic carbocycles. The minimum Gasteiger partial charge on any atom is -0.0683 e. The second-order valence-electron chi connectivity index (χ2n) is 9.74. The Morgan fingerprint density at radius 2 is 1.40 bits per heavy atom. The van der Waals surface area contributed by atoms with Crippen molar-refractivity contribution in [3.05, 3.63) is 63.7 Å². The summed E-state index contributed by atoms with van der Waals surface area (Å²) in [5, 5.41) is 0. The molecule has 0 aliphatic heterocycles. The molecule has 2 aromatic carbocycles. The molecule has 25 heavy (non-hydrogen) atoms. The molecular formula is C25H32. The third kappa shape index (κ3) is 3.32. The van der Waals surface area contributed by atoms with Gasteiger partial charge in [-0.05, 0) is 70.0 Å². The molecule has 1 aliphatic rings. The van der Waals surface area contributed by atoms with Crippen LogP contribution in [0.25, 0.3) is 17.2 Å². The van der Waals surface area contributed by atoms with Crippen LogP contribution in [0.1, 0.15) is 76.3 Å². The highest BCUT2D eigenvalue weighted by molar-refractivity contribution is 5.84. The van der Waals surface area contributed by atoms with Crippen LogP contribution in [0.15, 0.2) is 35.9 Å². The average Bonchev–Trinajstić information content (AvgIpc) is 2.84. The van der Waals surface area contributed by atoms with Crippen LogP contribution >= 0.6 is 0 Å². The van der Waals surface area contributed by atoms with Crippen molar-refractivity contribution in [3.63, 3.8) is 0 Å². The number of hydrogen-bond acceptors (Lipinski definition) is 0. The molecule has 0 unspecified atom stereocenters. The van der Waals surface area contributed by atoms with Gasteiger partial charge in [-0.3, -0.25) is 0 Å². The SMILES string of the molecule is CC1=Cc2c(cc(C(C)(C)C)c(C)c2-c2ccc(C(C)(C)C)cc2)C1. The standard InChI is InChI=1S/C25H32/c1-16-13-19-15-22(25(6,7)8)17(2)23(21(19)14-16)18-9-11-20(12-10-18)24(3,4)5/h9-12,14-15H,13H2,1-8H3. The molecule has 0 saturated carbocycles. The van der Waals surface area contributed by atoms with Gasteiger partial charge < -0.3 is 0 Å². The Balaban J connectivity index is 2.23. The summed E-state index contributed by atoms with van der Waals surface area (Å²) in [7, 11) is 0. The average molecular weight is 333 g/mol. The van der Waals surface area contributed by atoms with Gasteiger partial charge in [-0.25, -0.2) is 0 Å². The highest BCUT2D eigenvalue weighted by Crippen LogP contribution is 2.41. The summed E-state index contributed by atoms with van der Waals surface area (Å²) < 4.78 is 0. The zero-order chi connectivity index (χ0) is 18.6. The predicted molar refractivity (Wildman–Crippen MR) is 111 cm³/mol. The van der Waals surface area contributed by atoms with Crippen LogP contribution in [-0.2, 0) is 17.3 Å². The molecule has 0 atom stereocenters. The Hall–Kier alpha value is -1.82. The number of hydrogen-bond donors (Lipinski definition) is 0. The van der Waals surface area contributed by atoms with Gasteiger partial charge in [0.15, 0.2) is 0 Å². The fraction of sp³-hybridized carbons (Fsp3) is 0.440. The van der Waals surface area contributed by atoms with Gasteiger partial charge >= 0.3 is 0 Å². The first kappa shape index (κ1) is 18.0. The van der Waals surface area contributed by atoms with Gasteiger partial charge in [0, 0.05) is 0 Å². The van der Waals surface area contributed by atoms with Gasteiger partial charge in [0.1, 0.15) is 0 Å². The molecule has 0 spiro atoms. The molecule has 132 valence electrons. The molecule has 0 aromatic heterocycles. The third-order valence-electron chi connectivity index (χ3n) is 5.42. The summed E-state index contributed by atoms with van der Waals surface area (Å²) in [4.78, 5) is 0. The largest absolute Gasteiger partial charge is 0.0683 e. The van der Waals surface area contributed by atoms with Crippen molar-refractivity contribution in [1.29, 1.82) is 0 Å². The Labute approximate surface area is 154 Å². The van der Waals surface area contributed by atoms with E-state index in [1.807, 2.05) is 0 Å². The van der Waals surface area contributed by atoms with Crippen molar-refractivity contribution < 1.29 is 0 Å². The summed E-state index contributed by atoms with van der Waals surface area (Å²) in [6.07, 6.45) is 3.48. The summed E-state index contributed by atoms with van der Waals surface area (Å²) in [6.45, 7) is 18.3. The number of allylic oxidation sites excluding steroid dienone is 1. The molecule has 0 amide bonds. The van der Waals surface area contributed by atoms with Crippen LogP contribution in [0.4, 0.5) is 0 Å². The molecule has 3 rings (SSSR count). The lowest BCUT2D eigenvalue weighted by Gasteiger charge is -2.26. The first-order valence-electron chi connectivity index (χ1n) is 9.43. The number of rotatable bonds is 1. The van der Waals surface area contributed by atoms with Gasteiger partial charge in [0.25, 0.3) is 0 Å². The van der Waals surface area contributed by atoms with Crippen molar-refractivity contribution >= 4 is 6.08 Å². The van der Waals surface area contributed by atoms with E-state index in [-0.39, 0.29) is 10.8 Å². The lowest BCUT2D eigenvalue weighted by atomic mass is 9.78. The van der Waals surface area contributed by atoms with E-state index in [0.29, 0.717) is 0 Å². The summed E-state index contributed by atoms with van der Waals surface area (Å²) >= 11 is 0. The minimum atomic E-state index is 0.162. The van der Waals surface area contributed by atoms with E-state index in [1.165, 1.54) is 44.5 Å². The lowest BCUT2D eigenvalue weighted by Crippen LogP contribution is -2.15. The van der Waals surface area contributed by atoms with Gasteiger partial charge in [-0.1, -0.05) is 83.5 Å². The fourth-order valence-corrected chi connectivity index (χ4v) is 4.05. The maximum absolute atomic E-state index is 2.45. The van der Waals surface area contributed by atoms with Crippen molar-refractivity contribution in [2.45, 2.75) is 72.6 Å². The molecule has 0 nitrogen and oxygen atoms in total. The van der Waals surface area contributed by atoms with E-state index in [1.54, 1.807) is 0 Å². The van der Waals surface area contributed by atoms with Crippen molar-refractivity contribution in [3.8, 4) is 11.1 Å². The lowest BCUT2D eigenvalue weighted by molar-refractivity contribution is 0.585. The minimum absolute atomic E-state index is 0.162. The highest BCUT2D eigenvalue weighted by atomic mass is 14.3. The maximum Gasteiger partial charge on any atom is -0.00603 e. The number of benzene rings is 2. The Kier molecular flexibility index (Phi) is 4.22. The second kappa shape index (κ2) is 5.87. The molecule has 0 bridgehead atoms. The van der Waals surface area contributed by atoms with Gasteiger partial charge in [0.2, 0.25) is 0 Å². The molecule has 0 radical (unpaired) electrons. The van der Waals surface area contributed by atoms with Gasteiger partial charge in [-0.15, -0.1) is 0 Å². The van der Waals surface area contributed by atoms with E-state index in [0.717, 1.165) is 6.42 Å². The molecule has 0 heteroatoms. The molecule has 0 saturated heterocycles. The molecule has 2 aromatic rings. The van der Waals surface area contributed by atoms with E-state index in [2.05, 4.69) is 91.8 Å². The zero-order valence-corrected chi connectivity index (χ0v) is 17.2. The Morgan fingerprint density at radius 3 is 1.92 bits per heavy atom. The van der Waals surface area contributed by atoms with Crippen molar-refractivity contribution in [2.75, 3.05) is 0 Å². The van der Waals surface area contributed by atoms with E-state index < -0.39 is 0 Å². The Morgan fingerprint density at radius 1 is 0.800 bits per heavy atom. The van der Waals surface area contributed by atoms with Crippen LogP contribution in [0, 0.1) is 6.92 Å². The topological polar surface area (TPSA) is 0 Å².